The van der Waals surface area contributed by atoms with Crippen molar-refractivity contribution in [2.75, 3.05) is 0 Å². The average Bonchev–Trinajstić information content (AvgIpc) is 3.12. The fourth-order valence-corrected chi connectivity index (χ4v) is 4.23. The van der Waals surface area contributed by atoms with E-state index in [-0.39, 0.29) is 0 Å². The summed E-state index contributed by atoms with van der Waals surface area (Å²) in [5.74, 6) is 0.457. The van der Waals surface area contributed by atoms with Crippen LogP contribution in [0.5, 0.6) is 0 Å². The van der Waals surface area contributed by atoms with Crippen LogP contribution in [0.3, 0.4) is 0 Å². The summed E-state index contributed by atoms with van der Waals surface area (Å²) in [5, 5.41) is 2.27. The van der Waals surface area contributed by atoms with Crippen LogP contribution >= 0.6 is 0 Å². The Balaban J connectivity index is 1.69. The molecule has 30 heavy (non-hydrogen) atoms. The molecule has 0 aliphatic carbocycles. The van der Waals surface area contributed by atoms with Crippen LogP contribution in [0.25, 0.3) is 44.3 Å². The molecule has 0 N–H and O–H groups in total. The molecule has 0 spiro atoms. The number of furan rings is 1. The van der Waals surface area contributed by atoms with E-state index < -0.39 is 0 Å². The summed E-state index contributed by atoms with van der Waals surface area (Å²) in [6.07, 6.45) is 1.97. The summed E-state index contributed by atoms with van der Waals surface area (Å²) in [6.45, 7) is 8.68. The van der Waals surface area contributed by atoms with Crippen LogP contribution in [-0.4, -0.2) is 4.98 Å². The van der Waals surface area contributed by atoms with Gasteiger partial charge in [-0.1, -0.05) is 61.9 Å². The zero-order valence-corrected chi connectivity index (χ0v) is 17.9. The molecule has 0 atom stereocenters. The molecular formula is C28H25NO. The van der Waals surface area contributed by atoms with Crippen molar-refractivity contribution in [2.45, 2.75) is 33.6 Å². The van der Waals surface area contributed by atoms with Gasteiger partial charge >= 0.3 is 0 Å². The molecule has 148 valence electrons. The minimum atomic E-state index is 0.457. The minimum Gasteiger partial charge on any atom is -0.455 e. The van der Waals surface area contributed by atoms with E-state index in [2.05, 4.69) is 94.4 Å². The maximum absolute atomic E-state index is 6.41. The molecule has 0 unspecified atom stereocenters. The third kappa shape index (κ3) is 3.09. The highest BCUT2D eigenvalue weighted by Gasteiger charge is 2.15. The fraction of sp³-hybridized carbons (Fsp3) is 0.179. The highest BCUT2D eigenvalue weighted by Crippen LogP contribution is 2.37. The molecule has 3 aromatic carbocycles. The second kappa shape index (κ2) is 7.14. The molecule has 0 aliphatic rings. The SMILES string of the molecule is Cc1ccc(-c2ccc3c(c2)oc2c(-c4cc(C(C)C)c(C)cn4)cccc23)cc1. The summed E-state index contributed by atoms with van der Waals surface area (Å²) in [6, 6.07) is 23.6. The number of para-hydroxylation sites is 1. The molecule has 2 heteroatoms. The number of hydrogen-bond acceptors (Lipinski definition) is 2. The van der Waals surface area contributed by atoms with Gasteiger partial charge in [-0.25, -0.2) is 0 Å². The van der Waals surface area contributed by atoms with Gasteiger partial charge in [-0.05, 0) is 66.3 Å². The van der Waals surface area contributed by atoms with Crippen LogP contribution in [0, 0.1) is 13.8 Å². The smallest absolute Gasteiger partial charge is 0.144 e. The molecule has 0 saturated heterocycles. The van der Waals surface area contributed by atoms with Crippen molar-refractivity contribution >= 4 is 21.9 Å². The van der Waals surface area contributed by atoms with Gasteiger partial charge in [0.2, 0.25) is 0 Å². The van der Waals surface area contributed by atoms with E-state index in [1.54, 1.807) is 0 Å². The number of pyridine rings is 1. The lowest BCUT2D eigenvalue weighted by molar-refractivity contribution is 0.670. The lowest BCUT2D eigenvalue weighted by Gasteiger charge is -2.11. The Morgan fingerprint density at radius 3 is 2.33 bits per heavy atom. The normalized spacial score (nSPS) is 11.6. The predicted octanol–water partition coefficient (Wildman–Crippen LogP) is 8.06. The zero-order chi connectivity index (χ0) is 20.8. The van der Waals surface area contributed by atoms with Gasteiger partial charge < -0.3 is 4.42 Å². The Labute approximate surface area is 177 Å². The second-order valence-corrected chi connectivity index (χ2v) is 8.44. The number of nitrogens with zero attached hydrogens (tertiary/aromatic N) is 1. The summed E-state index contributed by atoms with van der Waals surface area (Å²) in [4.78, 5) is 4.73. The van der Waals surface area contributed by atoms with E-state index in [0.29, 0.717) is 5.92 Å². The largest absolute Gasteiger partial charge is 0.455 e. The fourth-order valence-electron chi connectivity index (χ4n) is 4.23. The topological polar surface area (TPSA) is 26.0 Å². The quantitative estimate of drug-likeness (QED) is 0.311. The van der Waals surface area contributed by atoms with Crippen molar-refractivity contribution in [3.05, 3.63) is 89.6 Å². The van der Waals surface area contributed by atoms with Gasteiger partial charge in [-0.15, -0.1) is 0 Å². The lowest BCUT2D eigenvalue weighted by Crippen LogP contribution is -1.95. The van der Waals surface area contributed by atoms with Crippen LogP contribution in [0.4, 0.5) is 0 Å². The number of rotatable bonds is 3. The maximum Gasteiger partial charge on any atom is 0.144 e. The number of fused-ring (bicyclic) bond motifs is 3. The van der Waals surface area contributed by atoms with Crippen molar-refractivity contribution in [1.82, 2.24) is 4.98 Å². The Hall–Kier alpha value is -3.39. The van der Waals surface area contributed by atoms with Crippen molar-refractivity contribution in [1.29, 1.82) is 0 Å². The highest BCUT2D eigenvalue weighted by atomic mass is 16.3. The third-order valence-corrected chi connectivity index (χ3v) is 5.93. The van der Waals surface area contributed by atoms with Crippen LogP contribution in [-0.2, 0) is 0 Å². The molecule has 2 heterocycles. The van der Waals surface area contributed by atoms with Crippen molar-refractivity contribution < 1.29 is 4.42 Å². The van der Waals surface area contributed by atoms with Gasteiger partial charge in [0.25, 0.3) is 0 Å². The number of aryl methyl sites for hydroxylation is 2. The van der Waals surface area contributed by atoms with E-state index in [1.165, 1.54) is 27.8 Å². The first-order chi connectivity index (χ1) is 14.5. The van der Waals surface area contributed by atoms with E-state index in [4.69, 9.17) is 9.40 Å². The Morgan fingerprint density at radius 1 is 0.800 bits per heavy atom. The van der Waals surface area contributed by atoms with E-state index >= 15 is 0 Å². The van der Waals surface area contributed by atoms with Gasteiger partial charge in [0.15, 0.2) is 0 Å². The molecular weight excluding hydrogens is 366 g/mol. The molecule has 0 bridgehead atoms. The number of aromatic nitrogens is 1. The van der Waals surface area contributed by atoms with E-state index in [1.807, 2.05) is 6.20 Å². The Morgan fingerprint density at radius 2 is 1.57 bits per heavy atom. The van der Waals surface area contributed by atoms with Crippen LogP contribution < -0.4 is 0 Å². The third-order valence-electron chi connectivity index (χ3n) is 5.93. The predicted molar refractivity (Wildman–Crippen MR) is 126 cm³/mol. The zero-order valence-electron chi connectivity index (χ0n) is 17.9. The second-order valence-electron chi connectivity index (χ2n) is 8.44. The van der Waals surface area contributed by atoms with Gasteiger partial charge in [0.05, 0.1) is 5.69 Å². The molecule has 5 rings (SSSR count). The molecule has 2 aromatic heterocycles. The van der Waals surface area contributed by atoms with Crippen molar-refractivity contribution in [3.8, 4) is 22.4 Å². The number of hydrogen-bond donors (Lipinski definition) is 0. The van der Waals surface area contributed by atoms with E-state index in [9.17, 15) is 0 Å². The lowest BCUT2D eigenvalue weighted by atomic mass is 9.97. The maximum atomic E-state index is 6.41. The first-order valence-corrected chi connectivity index (χ1v) is 10.5. The van der Waals surface area contributed by atoms with Crippen LogP contribution in [0.1, 0.15) is 36.5 Å². The molecule has 0 aliphatic heterocycles. The Bertz CT molecular complexity index is 1370. The van der Waals surface area contributed by atoms with Gasteiger partial charge in [0.1, 0.15) is 11.2 Å². The minimum absolute atomic E-state index is 0.457. The molecule has 0 amide bonds. The molecule has 2 nitrogen and oxygen atoms in total. The molecule has 0 fully saturated rings. The van der Waals surface area contributed by atoms with Gasteiger partial charge in [0, 0.05) is 22.5 Å². The summed E-state index contributed by atoms with van der Waals surface area (Å²) in [7, 11) is 0. The van der Waals surface area contributed by atoms with Crippen LogP contribution in [0.2, 0.25) is 0 Å². The van der Waals surface area contributed by atoms with E-state index in [0.717, 1.165) is 33.2 Å². The van der Waals surface area contributed by atoms with Crippen molar-refractivity contribution in [3.63, 3.8) is 0 Å². The molecule has 0 saturated carbocycles. The average molecular weight is 392 g/mol. The number of benzene rings is 3. The summed E-state index contributed by atoms with van der Waals surface area (Å²) >= 11 is 0. The van der Waals surface area contributed by atoms with Crippen LogP contribution in [0.15, 0.2) is 77.3 Å². The standard InChI is InChI=1S/C28H25NO/c1-17(2)25-15-26(29-16-19(25)4)24-7-5-6-23-22-13-12-21(14-27(22)30-28(23)24)20-10-8-18(3)9-11-20/h5-17H,1-4H3. The summed E-state index contributed by atoms with van der Waals surface area (Å²) < 4.78 is 6.41. The Kier molecular flexibility index (Phi) is 4.43. The monoisotopic (exact) mass is 391 g/mol. The first-order valence-electron chi connectivity index (χ1n) is 10.5. The van der Waals surface area contributed by atoms with Gasteiger partial charge in [-0.3, -0.25) is 4.98 Å². The van der Waals surface area contributed by atoms with Crippen molar-refractivity contribution in [2.24, 2.45) is 0 Å². The first kappa shape index (κ1) is 18.6. The van der Waals surface area contributed by atoms with Gasteiger partial charge in [-0.2, -0.15) is 0 Å². The molecule has 5 aromatic rings. The summed E-state index contributed by atoms with van der Waals surface area (Å²) in [5.41, 5.74) is 10.0. The molecule has 0 radical (unpaired) electrons. The highest BCUT2D eigenvalue weighted by molar-refractivity contribution is 6.10.